The Morgan fingerprint density at radius 1 is 0.857 bits per heavy atom. The lowest BCUT2D eigenvalue weighted by molar-refractivity contribution is 0.383. The average Bonchev–Trinajstić information content (AvgIpc) is 2.50. The number of halogens is 4. The van der Waals surface area contributed by atoms with Gasteiger partial charge in [0.2, 0.25) is 0 Å². The van der Waals surface area contributed by atoms with Gasteiger partial charge in [0, 0.05) is 16.5 Å². The molecule has 0 aliphatic carbocycles. The summed E-state index contributed by atoms with van der Waals surface area (Å²) in [6, 6.07) is 8.48. The molecule has 0 unspecified atom stereocenters. The summed E-state index contributed by atoms with van der Waals surface area (Å²) >= 11 is 0.566. The number of fused-ring (bicyclic) bond motifs is 1. The first-order valence-electron chi connectivity index (χ1n) is 5.79. The average molecular weight is 310 g/mol. The Morgan fingerprint density at radius 2 is 1.52 bits per heavy atom. The highest BCUT2D eigenvalue weighted by Gasteiger charge is 2.22. The zero-order chi connectivity index (χ0) is 15.0. The summed E-state index contributed by atoms with van der Waals surface area (Å²) in [4.78, 5) is 6.24. The van der Waals surface area contributed by atoms with Crippen LogP contribution in [0.2, 0.25) is 0 Å². The molecule has 21 heavy (non-hydrogen) atoms. The lowest BCUT2D eigenvalue weighted by Gasteiger charge is -2.07. The molecule has 0 aliphatic rings. The Labute approximate surface area is 120 Å². The molecular formula is C14H6F4N2S. The predicted octanol–water partition coefficient (Wildman–Crippen LogP) is 4.34. The van der Waals surface area contributed by atoms with E-state index in [2.05, 4.69) is 9.97 Å². The molecule has 0 fully saturated rings. The minimum atomic E-state index is -1.68. The minimum Gasteiger partial charge on any atom is -0.255 e. The highest BCUT2D eigenvalue weighted by molar-refractivity contribution is 7.99. The molecule has 3 aromatic rings. The smallest absolute Gasteiger partial charge is 0.252 e. The SMILES string of the molecule is Fc1nc(F)c(F)c(Sc2cccc3cccnc23)c1F. The Kier molecular flexibility index (Phi) is 3.50. The van der Waals surface area contributed by atoms with E-state index in [0.29, 0.717) is 22.2 Å². The molecule has 7 heteroatoms. The van der Waals surface area contributed by atoms with Crippen LogP contribution in [0.15, 0.2) is 46.3 Å². The third-order valence-corrected chi connectivity index (χ3v) is 3.88. The monoisotopic (exact) mass is 310 g/mol. The standard InChI is InChI=1S/C14H6F4N2S/c15-9-12(10(16)14(18)20-13(9)17)21-8-5-1-3-7-4-2-6-19-11(7)8/h1-6H. The van der Waals surface area contributed by atoms with Gasteiger partial charge in [-0.3, -0.25) is 4.98 Å². The van der Waals surface area contributed by atoms with Crippen LogP contribution in [0.1, 0.15) is 0 Å². The predicted molar refractivity (Wildman–Crippen MR) is 69.9 cm³/mol. The topological polar surface area (TPSA) is 25.8 Å². The molecule has 0 saturated heterocycles. The molecule has 2 heterocycles. The van der Waals surface area contributed by atoms with E-state index in [1.807, 2.05) is 0 Å². The van der Waals surface area contributed by atoms with Gasteiger partial charge in [0.05, 0.1) is 10.4 Å². The number of para-hydroxylation sites is 1. The van der Waals surface area contributed by atoms with E-state index >= 15 is 0 Å². The summed E-state index contributed by atoms with van der Waals surface area (Å²) in [6.07, 6.45) is 1.52. The van der Waals surface area contributed by atoms with Gasteiger partial charge in [-0.25, -0.2) is 8.78 Å². The first-order valence-corrected chi connectivity index (χ1v) is 6.61. The van der Waals surface area contributed by atoms with Gasteiger partial charge in [0.1, 0.15) is 0 Å². The van der Waals surface area contributed by atoms with E-state index in [1.54, 1.807) is 30.3 Å². The van der Waals surface area contributed by atoms with Gasteiger partial charge in [0.25, 0.3) is 11.9 Å². The van der Waals surface area contributed by atoms with Crippen LogP contribution in [0.4, 0.5) is 17.6 Å². The van der Waals surface area contributed by atoms with Gasteiger partial charge in [0.15, 0.2) is 11.6 Å². The molecule has 2 nitrogen and oxygen atoms in total. The first-order chi connectivity index (χ1) is 10.1. The molecule has 0 amide bonds. The van der Waals surface area contributed by atoms with Crippen molar-refractivity contribution < 1.29 is 17.6 Å². The molecule has 0 saturated carbocycles. The summed E-state index contributed by atoms with van der Waals surface area (Å²) in [7, 11) is 0. The highest BCUT2D eigenvalue weighted by atomic mass is 32.2. The van der Waals surface area contributed by atoms with Gasteiger partial charge in [-0.1, -0.05) is 30.0 Å². The van der Waals surface area contributed by atoms with E-state index in [0.717, 1.165) is 5.39 Å². The summed E-state index contributed by atoms with van der Waals surface area (Å²) in [5, 5.41) is 0.748. The van der Waals surface area contributed by atoms with Crippen molar-refractivity contribution in [1.82, 2.24) is 9.97 Å². The number of nitrogens with zero attached hydrogens (tertiary/aromatic N) is 2. The van der Waals surface area contributed by atoms with Crippen LogP contribution in [-0.4, -0.2) is 9.97 Å². The zero-order valence-corrected chi connectivity index (χ0v) is 11.1. The van der Waals surface area contributed by atoms with Gasteiger partial charge in [-0.05, 0) is 12.1 Å². The number of aromatic nitrogens is 2. The summed E-state index contributed by atoms with van der Waals surface area (Å²) in [6.45, 7) is 0. The molecule has 0 atom stereocenters. The fourth-order valence-corrected chi connectivity index (χ4v) is 2.81. The second kappa shape index (κ2) is 5.33. The van der Waals surface area contributed by atoms with E-state index in [4.69, 9.17) is 0 Å². The maximum atomic E-state index is 13.6. The number of hydrogen-bond acceptors (Lipinski definition) is 3. The molecule has 0 aliphatic heterocycles. The zero-order valence-electron chi connectivity index (χ0n) is 10.3. The van der Waals surface area contributed by atoms with Crippen LogP contribution >= 0.6 is 11.8 Å². The maximum Gasteiger partial charge on any atom is 0.252 e. The third-order valence-electron chi connectivity index (χ3n) is 2.76. The van der Waals surface area contributed by atoms with Crippen LogP contribution in [0, 0.1) is 23.5 Å². The Morgan fingerprint density at radius 3 is 2.24 bits per heavy atom. The minimum absolute atomic E-state index is 0.385. The second-order valence-corrected chi connectivity index (χ2v) is 5.14. The lowest BCUT2D eigenvalue weighted by atomic mass is 10.2. The van der Waals surface area contributed by atoms with Gasteiger partial charge < -0.3 is 0 Å². The number of benzene rings is 1. The van der Waals surface area contributed by atoms with Crippen LogP contribution in [0.3, 0.4) is 0 Å². The molecule has 0 bridgehead atoms. The largest absolute Gasteiger partial charge is 0.255 e. The van der Waals surface area contributed by atoms with Crippen molar-refractivity contribution in [3.63, 3.8) is 0 Å². The number of hydrogen-bond donors (Lipinski definition) is 0. The third kappa shape index (κ3) is 2.44. The fraction of sp³-hybridized carbons (Fsp3) is 0. The van der Waals surface area contributed by atoms with Crippen molar-refractivity contribution in [1.29, 1.82) is 0 Å². The fourth-order valence-electron chi connectivity index (χ4n) is 1.83. The van der Waals surface area contributed by atoms with Crippen molar-refractivity contribution >= 4 is 22.7 Å². The van der Waals surface area contributed by atoms with Crippen molar-refractivity contribution in [3.05, 3.63) is 60.1 Å². The maximum absolute atomic E-state index is 13.6. The summed E-state index contributed by atoms with van der Waals surface area (Å²) in [5.41, 5.74) is 0.487. The molecule has 3 rings (SSSR count). The Balaban J connectivity index is 2.16. The summed E-state index contributed by atoms with van der Waals surface area (Å²) in [5.74, 6) is -6.40. The van der Waals surface area contributed by atoms with Crippen molar-refractivity contribution in [3.8, 4) is 0 Å². The number of pyridine rings is 2. The molecular weight excluding hydrogens is 304 g/mol. The normalized spacial score (nSPS) is 11.0. The number of rotatable bonds is 2. The van der Waals surface area contributed by atoms with Crippen LogP contribution in [-0.2, 0) is 0 Å². The second-order valence-electron chi connectivity index (χ2n) is 4.08. The van der Waals surface area contributed by atoms with Crippen LogP contribution in [0.25, 0.3) is 10.9 Å². The lowest BCUT2D eigenvalue weighted by Crippen LogP contribution is -2.02. The van der Waals surface area contributed by atoms with Crippen LogP contribution in [0.5, 0.6) is 0 Å². The van der Waals surface area contributed by atoms with Crippen LogP contribution < -0.4 is 0 Å². The van der Waals surface area contributed by atoms with E-state index in [9.17, 15) is 17.6 Å². The van der Waals surface area contributed by atoms with Crippen molar-refractivity contribution in [2.75, 3.05) is 0 Å². The van der Waals surface area contributed by atoms with Gasteiger partial charge >= 0.3 is 0 Å². The van der Waals surface area contributed by atoms with Crippen molar-refractivity contribution in [2.24, 2.45) is 0 Å². The molecule has 0 spiro atoms. The Hall–Kier alpha value is -2.15. The summed E-state index contributed by atoms with van der Waals surface area (Å²) < 4.78 is 53.5. The van der Waals surface area contributed by atoms with E-state index in [1.165, 1.54) is 6.20 Å². The first kappa shape index (κ1) is 13.8. The van der Waals surface area contributed by atoms with Gasteiger partial charge in [-0.15, -0.1) is 0 Å². The highest BCUT2D eigenvalue weighted by Crippen LogP contribution is 2.36. The quantitative estimate of drug-likeness (QED) is 0.520. The molecule has 2 aromatic heterocycles. The molecule has 0 N–H and O–H groups in total. The van der Waals surface area contributed by atoms with Crippen molar-refractivity contribution in [2.45, 2.75) is 9.79 Å². The van der Waals surface area contributed by atoms with E-state index in [-0.39, 0.29) is 0 Å². The van der Waals surface area contributed by atoms with Gasteiger partial charge in [-0.2, -0.15) is 13.8 Å². The molecule has 0 radical (unpaired) electrons. The molecule has 1 aromatic carbocycles. The molecule has 106 valence electrons. The van der Waals surface area contributed by atoms with E-state index < -0.39 is 28.4 Å². The Bertz CT molecular complexity index is 807.